The van der Waals surface area contributed by atoms with Crippen molar-refractivity contribution in [1.29, 1.82) is 0 Å². The van der Waals surface area contributed by atoms with Gasteiger partial charge in [0.1, 0.15) is 17.1 Å². The SMILES string of the molecule is [CH2]CCCCCCCCCCCCCOOC(=O)c1c(OC)cccc1OC. The number of methoxy groups -OCH3 is 2. The lowest BCUT2D eigenvalue weighted by Gasteiger charge is -2.11. The number of hydrogen-bond acceptors (Lipinski definition) is 5. The first kappa shape index (κ1) is 24.3. The van der Waals surface area contributed by atoms with Gasteiger partial charge in [-0.05, 0) is 18.6 Å². The van der Waals surface area contributed by atoms with E-state index in [0.717, 1.165) is 19.3 Å². The van der Waals surface area contributed by atoms with Gasteiger partial charge in [-0.2, -0.15) is 4.89 Å². The fourth-order valence-corrected chi connectivity index (χ4v) is 3.12. The molecule has 159 valence electrons. The summed E-state index contributed by atoms with van der Waals surface area (Å²) in [4.78, 5) is 22.2. The predicted molar refractivity (Wildman–Crippen MR) is 112 cm³/mol. The summed E-state index contributed by atoms with van der Waals surface area (Å²) in [7, 11) is 2.99. The summed E-state index contributed by atoms with van der Waals surface area (Å²) in [5, 5.41) is 0. The molecule has 0 saturated carbocycles. The zero-order valence-electron chi connectivity index (χ0n) is 17.7. The lowest BCUT2D eigenvalue weighted by molar-refractivity contribution is -0.241. The fourth-order valence-electron chi connectivity index (χ4n) is 3.12. The maximum absolute atomic E-state index is 12.2. The van der Waals surface area contributed by atoms with Gasteiger partial charge < -0.3 is 9.47 Å². The van der Waals surface area contributed by atoms with Crippen LogP contribution in [0.3, 0.4) is 0 Å². The third kappa shape index (κ3) is 9.98. The van der Waals surface area contributed by atoms with Crippen molar-refractivity contribution < 1.29 is 24.0 Å². The van der Waals surface area contributed by atoms with Crippen LogP contribution in [0.4, 0.5) is 0 Å². The van der Waals surface area contributed by atoms with Crippen molar-refractivity contribution >= 4 is 5.97 Å². The van der Waals surface area contributed by atoms with E-state index >= 15 is 0 Å². The molecule has 0 amide bonds. The number of hydrogen-bond donors (Lipinski definition) is 0. The number of unbranched alkanes of at least 4 members (excludes halogenated alkanes) is 11. The van der Waals surface area contributed by atoms with E-state index in [4.69, 9.17) is 19.2 Å². The molecule has 5 nitrogen and oxygen atoms in total. The smallest absolute Gasteiger partial charge is 0.380 e. The van der Waals surface area contributed by atoms with E-state index in [9.17, 15) is 4.79 Å². The summed E-state index contributed by atoms with van der Waals surface area (Å²) in [6.07, 6.45) is 14.8. The largest absolute Gasteiger partial charge is 0.496 e. The van der Waals surface area contributed by atoms with Gasteiger partial charge in [-0.3, -0.25) is 4.89 Å². The summed E-state index contributed by atoms with van der Waals surface area (Å²) in [6, 6.07) is 5.11. The number of rotatable bonds is 17. The molecule has 0 N–H and O–H groups in total. The molecule has 0 aliphatic heterocycles. The van der Waals surface area contributed by atoms with Crippen molar-refractivity contribution in [1.82, 2.24) is 0 Å². The molecule has 5 heteroatoms. The monoisotopic (exact) mass is 393 g/mol. The zero-order chi connectivity index (χ0) is 20.5. The third-order valence-electron chi connectivity index (χ3n) is 4.74. The van der Waals surface area contributed by atoms with Gasteiger partial charge in [0, 0.05) is 0 Å². The second kappa shape index (κ2) is 16.2. The molecule has 0 aliphatic carbocycles. The average molecular weight is 394 g/mol. The van der Waals surface area contributed by atoms with Gasteiger partial charge in [0.2, 0.25) is 0 Å². The minimum atomic E-state index is -0.607. The van der Waals surface area contributed by atoms with Crippen LogP contribution in [0, 0.1) is 6.92 Å². The van der Waals surface area contributed by atoms with Crippen molar-refractivity contribution in [2.45, 2.75) is 77.0 Å². The van der Waals surface area contributed by atoms with Crippen molar-refractivity contribution in [3.05, 3.63) is 30.7 Å². The topological polar surface area (TPSA) is 54.0 Å². The Hall–Kier alpha value is -1.75. The maximum atomic E-state index is 12.2. The van der Waals surface area contributed by atoms with Crippen LogP contribution in [-0.4, -0.2) is 26.8 Å². The summed E-state index contributed by atoms with van der Waals surface area (Å²) >= 11 is 0. The second-order valence-electron chi connectivity index (χ2n) is 6.97. The van der Waals surface area contributed by atoms with Crippen molar-refractivity contribution in [2.24, 2.45) is 0 Å². The molecule has 0 spiro atoms. The Bertz CT molecular complexity index is 507. The van der Waals surface area contributed by atoms with Crippen molar-refractivity contribution in [2.75, 3.05) is 20.8 Å². The number of carbonyl (C=O) groups excluding carboxylic acids is 1. The van der Waals surface area contributed by atoms with Crippen LogP contribution < -0.4 is 9.47 Å². The molecule has 0 bridgehead atoms. The van der Waals surface area contributed by atoms with Crippen LogP contribution in [0.2, 0.25) is 0 Å². The highest BCUT2D eigenvalue weighted by Crippen LogP contribution is 2.28. The van der Waals surface area contributed by atoms with E-state index < -0.39 is 5.97 Å². The van der Waals surface area contributed by atoms with E-state index in [1.54, 1.807) is 18.2 Å². The molecule has 0 heterocycles. The van der Waals surface area contributed by atoms with Crippen LogP contribution in [0.15, 0.2) is 18.2 Å². The Kier molecular flexibility index (Phi) is 14.1. The molecular weight excluding hydrogens is 356 g/mol. The summed E-state index contributed by atoms with van der Waals surface area (Å²) in [5.41, 5.74) is 0.235. The van der Waals surface area contributed by atoms with Crippen molar-refractivity contribution in [3.8, 4) is 11.5 Å². The Labute approximate surface area is 170 Å². The highest BCUT2D eigenvalue weighted by atomic mass is 17.2. The quantitative estimate of drug-likeness (QED) is 0.176. The highest BCUT2D eigenvalue weighted by molar-refractivity contribution is 5.95. The molecular formula is C23H37O5. The van der Waals surface area contributed by atoms with E-state index in [1.807, 2.05) is 0 Å². The number of ether oxygens (including phenoxy) is 2. The van der Waals surface area contributed by atoms with Gasteiger partial charge in [0.05, 0.1) is 20.8 Å². The average Bonchev–Trinajstić information content (AvgIpc) is 2.73. The van der Waals surface area contributed by atoms with Crippen molar-refractivity contribution in [3.63, 3.8) is 0 Å². The first-order chi connectivity index (χ1) is 13.7. The second-order valence-corrected chi connectivity index (χ2v) is 6.97. The lowest BCUT2D eigenvalue weighted by Crippen LogP contribution is -2.10. The lowest BCUT2D eigenvalue weighted by atomic mass is 10.1. The molecule has 0 aliphatic rings. The molecule has 1 radical (unpaired) electrons. The molecule has 0 atom stereocenters. The van der Waals surface area contributed by atoms with Gasteiger partial charge in [0.15, 0.2) is 0 Å². The fraction of sp³-hybridized carbons (Fsp3) is 0.652. The minimum Gasteiger partial charge on any atom is -0.496 e. The van der Waals surface area contributed by atoms with Crippen LogP contribution in [0.5, 0.6) is 11.5 Å². The highest BCUT2D eigenvalue weighted by Gasteiger charge is 2.20. The number of benzene rings is 1. The van der Waals surface area contributed by atoms with Crippen LogP contribution in [0.25, 0.3) is 0 Å². The standard InChI is InChI=1S/C23H37O5/c1-4-5-6-7-8-9-10-11-12-13-14-15-19-27-28-23(24)22-20(25-2)17-16-18-21(22)26-3/h16-18H,1,4-15,19H2,2-3H3. The van der Waals surface area contributed by atoms with Crippen LogP contribution >= 0.6 is 0 Å². The summed E-state index contributed by atoms with van der Waals surface area (Å²) in [6.45, 7) is 4.27. The first-order valence-corrected chi connectivity index (χ1v) is 10.6. The normalized spacial score (nSPS) is 10.7. The Morgan fingerprint density at radius 1 is 0.786 bits per heavy atom. The molecule has 0 unspecified atom stereocenters. The van der Waals surface area contributed by atoms with Crippen LogP contribution in [-0.2, 0) is 9.78 Å². The summed E-state index contributed by atoms with van der Waals surface area (Å²) < 4.78 is 10.4. The van der Waals surface area contributed by atoms with Gasteiger partial charge in [-0.15, -0.1) is 0 Å². The van der Waals surface area contributed by atoms with E-state index in [1.165, 1.54) is 72.0 Å². The molecule has 0 saturated heterocycles. The van der Waals surface area contributed by atoms with Crippen LogP contribution in [0.1, 0.15) is 87.4 Å². The Balaban J connectivity index is 2.04. The van der Waals surface area contributed by atoms with E-state index in [-0.39, 0.29) is 5.56 Å². The van der Waals surface area contributed by atoms with Gasteiger partial charge in [0.25, 0.3) is 0 Å². The Morgan fingerprint density at radius 2 is 1.25 bits per heavy atom. The third-order valence-corrected chi connectivity index (χ3v) is 4.74. The molecule has 28 heavy (non-hydrogen) atoms. The van der Waals surface area contributed by atoms with Gasteiger partial charge >= 0.3 is 5.97 Å². The minimum absolute atomic E-state index is 0.235. The first-order valence-electron chi connectivity index (χ1n) is 10.6. The molecule has 1 aromatic carbocycles. The number of carbonyl (C=O) groups is 1. The van der Waals surface area contributed by atoms with E-state index in [2.05, 4.69) is 6.92 Å². The van der Waals surface area contributed by atoms with E-state index in [0.29, 0.717) is 18.1 Å². The molecule has 1 aromatic rings. The summed E-state index contributed by atoms with van der Waals surface area (Å²) in [5.74, 6) is 0.190. The molecule has 1 rings (SSSR count). The zero-order valence-corrected chi connectivity index (χ0v) is 17.7. The molecule has 0 fully saturated rings. The molecule has 0 aromatic heterocycles. The van der Waals surface area contributed by atoms with Gasteiger partial charge in [-0.25, -0.2) is 4.79 Å². The Morgan fingerprint density at radius 3 is 1.71 bits per heavy atom. The maximum Gasteiger partial charge on any atom is 0.380 e. The predicted octanol–water partition coefficient (Wildman–Crippen LogP) is 6.31. The van der Waals surface area contributed by atoms with Gasteiger partial charge in [-0.1, -0.05) is 83.6 Å².